The van der Waals surface area contributed by atoms with Crippen LogP contribution in [0.2, 0.25) is 18.6 Å². The van der Waals surface area contributed by atoms with Crippen LogP contribution in [0, 0.1) is 5.92 Å². The number of aromatic nitrogens is 3. The van der Waals surface area contributed by atoms with Gasteiger partial charge in [-0.3, -0.25) is 28.8 Å². The van der Waals surface area contributed by atoms with Crippen LogP contribution in [0.5, 0.6) is 0 Å². The Kier molecular flexibility index (Phi) is 10.7. The Morgan fingerprint density at radius 3 is 2.52 bits per heavy atom. The van der Waals surface area contributed by atoms with Crippen LogP contribution in [0.15, 0.2) is 54.7 Å². The predicted octanol–water partition coefficient (Wildman–Crippen LogP) is 3.61. The summed E-state index contributed by atoms with van der Waals surface area (Å²) < 4.78 is 18.9. The van der Waals surface area contributed by atoms with Gasteiger partial charge in [0, 0.05) is 55.3 Å². The van der Waals surface area contributed by atoms with Crippen LogP contribution in [0.4, 0.5) is 11.4 Å². The number of β-lactam (4-membered cyclic amide) rings is 1. The van der Waals surface area contributed by atoms with Gasteiger partial charge in [-0.1, -0.05) is 42.5 Å². The number of carbonyl (C=O) groups is 4. The summed E-state index contributed by atoms with van der Waals surface area (Å²) in [5, 5.41) is 18.9. The van der Waals surface area contributed by atoms with Crippen molar-refractivity contribution in [2.24, 2.45) is 5.92 Å². The number of unbranched alkanes of at least 4 members (excludes halogenated alkanes) is 1. The van der Waals surface area contributed by atoms with Crippen molar-refractivity contribution in [3.63, 3.8) is 0 Å². The van der Waals surface area contributed by atoms with Crippen molar-refractivity contribution in [3.8, 4) is 0 Å². The third-order valence-electron chi connectivity index (χ3n) is 10.6. The third-order valence-corrected chi connectivity index (χ3v) is 13.1. The second kappa shape index (κ2) is 14.9. The molecule has 3 aromatic rings. The number of aliphatic hydroxyl groups is 1. The zero-order valence-electron chi connectivity index (χ0n) is 30.2. The molecule has 14 nitrogen and oxygen atoms in total. The lowest BCUT2D eigenvalue weighted by Gasteiger charge is -2.39. The first-order valence-corrected chi connectivity index (χ1v) is 20.8. The van der Waals surface area contributed by atoms with Crippen molar-refractivity contribution in [2.45, 2.75) is 95.0 Å². The van der Waals surface area contributed by atoms with E-state index in [2.05, 4.69) is 10.3 Å². The van der Waals surface area contributed by atoms with E-state index in [4.69, 9.17) is 14.2 Å². The summed E-state index contributed by atoms with van der Waals surface area (Å²) in [6.07, 6.45) is 2.27. The molecule has 2 amide bonds. The highest BCUT2D eigenvalue weighted by molar-refractivity contribution is 6.71. The molecule has 52 heavy (non-hydrogen) atoms. The summed E-state index contributed by atoms with van der Waals surface area (Å²) in [7, 11) is -1.64. The van der Waals surface area contributed by atoms with Gasteiger partial charge in [-0.15, -0.1) is 5.10 Å². The molecular weight excluding hydrogens is 687 g/mol. The maximum atomic E-state index is 14.8. The van der Waals surface area contributed by atoms with Gasteiger partial charge < -0.3 is 29.0 Å². The molecule has 6 rings (SSSR count). The van der Waals surface area contributed by atoms with E-state index in [1.807, 2.05) is 50.3 Å². The van der Waals surface area contributed by atoms with Crippen LogP contribution in [-0.2, 0) is 45.5 Å². The highest BCUT2D eigenvalue weighted by Crippen LogP contribution is 2.60. The molecule has 2 fully saturated rings. The van der Waals surface area contributed by atoms with Gasteiger partial charge in [0.05, 0.1) is 43.5 Å². The Balaban J connectivity index is 1.32. The van der Waals surface area contributed by atoms with Crippen molar-refractivity contribution in [3.05, 3.63) is 71.5 Å². The van der Waals surface area contributed by atoms with Crippen molar-refractivity contribution in [2.75, 3.05) is 30.1 Å². The summed E-state index contributed by atoms with van der Waals surface area (Å²) in [4.78, 5) is 66.0. The minimum atomic E-state index is -2.98. The maximum absolute atomic E-state index is 14.8. The Hall–Kier alpha value is -4.44. The Morgan fingerprint density at radius 2 is 1.87 bits per heavy atom. The topological polar surface area (TPSA) is 174 Å². The molecule has 3 aliphatic heterocycles. The average Bonchev–Trinajstić information content (AvgIpc) is 3.75. The van der Waals surface area contributed by atoms with E-state index in [-0.39, 0.29) is 48.7 Å². The van der Waals surface area contributed by atoms with Crippen molar-refractivity contribution in [1.82, 2.24) is 15.0 Å². The lowest BCUT2D eigenvalue weighted by molar-refractivity contribution is -0.154. The van der Waals surface area contributed by atoms with Gasteiger partial charge in [0.1, 0.15) is 0 Å². The second-order valence-electron chi connectivity index (χ2n) is 14.4. The highest BCUT2D eigenvalue weighted by atomic mass is 28.4. The molecule has 0 bridgehead atoms. The minimum absolute atomic E-state index is 0.0583. The lowest BCUT2D eigenvalue weighted by atomic mass is 9.82. The summed E-state index contributed by atoms with van der Waals surface area (Å²) in [6.45, 7) is 7.52. The molecule has 6 atom stereocenters. The molecule has 0 radical (unpaired) electrons. The number of rotatable bonds is 14. The monoisotopic (exact) mass is 733 g/mol. The number of esters is 2. The molecule has 3 aliphatic rings. The van der Waals surface area contributed by atoms with Crippen molar-refractivity contribution >= 4 is 43.4 Å². The molecule has 4 heterocycles. The predicted molar refractivity (Wildman–Crippen MR) is 191 cm³/mol. The molecule has 15 heteroatoms. The average molecular weight is 734 g/mol. The summed E-state index contributed by atoms with van der Waals surface area (Å²) in [5.74, 6) is -2.10. The second-order valence-corrected chi connectivity index (χ2v) is 18.4. The van der Waals surface area contributed by atoms with E-state index in [1.165, 1.54) is 18.9 Å². The number of methoxy groups -OCH3 is 1. The molecule has 2 unspecified atom stereocenters. The number of nitrogens with zero attached hydrogens (tertiary/aromatic N) is 5. The van der Waals surface area contributed by atoms with Crippen LogP contribution in [0.3, 0.4) is 0 Å². The molecule has 1 spiro atoms. The number of carbonyl (C=O) groups excluding carboxylic acids is 4. The fourth-order valence-corrected chi connectivity index (χ4v) is 10.8. The number of amides is 2. The van der Waals surface area contributed by atoms with E-state index in [1.54, 1.807) is 34.0 Å². The summed E-state index contributed by atoms with van der Waals surface area (Å²) >= 11 is 0. The Morgan fingerprint density at radius 1 is 1.12 bits per heavy atom. The van der Waals surface area contributed by atoms with Crippen molar-refractivity contribution < 1.29 is 43.3 Å². The molecule has 0 aliphatic carbocycles. The number of hydrogen-bond donors (Lipinski definition) is 2. The first-order chi connectivity index (χ1) is 24.8. The first-order valence-electron chi connectivity index (χ1n) is 17.8. The van der Waals surface area contributed by atoms with Gasteiger partial charge in [-0.05, 0) is 56.1 Å². The largest absolute Gasteiger partial charge is 0.469 e. The smallest absolute Gasteiger partial charge is 0.305 e. The quantitative estimate of drug-likeness (QED) is 0.107. The maximum Gasteiger partial charge on any atom is 0.305 e. The fourth-order valence-electron chi connectivity index (χ4n) is 8.23. The number of aryl methyl sites for hydroxylation is 1. The number of benzene rings is 2. The Labute approximate surface area is 303 Å². The molecule has 2 aromatic carbocycles. The fraction of sp³-hybridized carbons (Fsp3) is 0.514. The van der Waals surface area contributed by atoms with E-state index >= 15 is 0 Å². The lowest BCUT2D eigenvalue weighted by Crippen LogP contribution is -2.55. The minimum Gasteiger partial charge on any atom is -0.469 e. The SMILES string of the molecule is COC(=O)CCCCN1C(=O)[C@]2(O[C@H](CCn3cc(C(CO)c4ccccc4)nn3)[C@@H]([Si](C)(C)O)[C@@H]2C)c2cc(N3C(=O)CC3OC(C)=O)ccc21. The van der Waals surface area contributed by atoms with Crippen LogP contribution in [0.1, 0.15) is 68.7 Å². The van der Waals surface area contributed by atoms with Gasteiger partial charge in [0.2, 0.25) is 5.91 Å². The number of fused-ring (bicyclic) bond motifs is 2. The van der Waals surface area contributed by atoms with Gasteiger partial charge in [0.15, 0.2) is 20.1 Å². The Bertz CT molecular complexity index is 1810. The van der Waals surface area contributed by atoms with Crippen LogP contribution in [0.25, 0.3) is 0 Å². The molecule has 0 saturated carbocycles. The number of aliphatic hydroxyl groups excluding tert-OH is 1. The standard InChI is InChI=1S/C37H47N5O9Si/c1-23-35(52(4,5)48)31(16-18-40-21-29(38-39-40)27(22-43)25-11-7-6-8-12-25)51-37(23)28-19-26(42-32(45)20-33(42)50-24(2)44)14-15-30(28)41(36(37)47)17-10-9-13-34(46)49-3/h6-8,11-12,14-15,19,21,23,27,31,33,35,43,48H,9-10,13,16-18,20,22H2,1-5H3/t23-,27?,31+,33?,35-,37+/m0/s1. The highest BCUT2D eigenvalue weighted by Gasteiger charge is 2.66. The van der Waals surface area contributed by atoms with Gasteiger partial charge in [-0.25, -0.2) is 0 Å². The van der Waals surface area contributed by atoms with Crippen LogP contribution < -0.4 is 9.80 Å². The zero-order valence-corrected chi connectivity index (χ0v) is 31.2. The molecule has 278 valence electrons. The van der Waals surface area contributed by atoms with Crippen molar-refractivity contribution in [1.29, 1.82) is 0 Å². The molecule has 1 aromatic heterocycles. The number of ether oxygens (including phenoxy) is 3. The van der Waals surface area contributed by atoms with E-state index < -0.39 is 38.1 Å². The van der Waals surface area contributed by atoms with Gasteiger partial charge in [0.25, 0.3) is 5.91 Å². The third kappa shape index (κ3) is 6.89. The van der Waals surface area contributed by atoms with E-state index in [0.717, 1.165) is 5.56 Å². The molecule has 2 saturated heterocycles. The summed E-state index contributed by atoms with van der Waals surface area (Å²) in [6, 6.07) is 14.9. The normalized spacial score (nSPS) is 24.6. The van der Waals surface area contributed by atoms with Gasteiger partial charge >= 0.3 is 11.9 Å². The van der Waals surface area contributed by atoms with E-state index in [0.29, 0.717) is 55.0 Å². The molecular formula is C37H47N5O9Si. The zero-order chi connectivity index (χ0) is 37.4. The number of hydrogen-bond acceptors (Lipinski definition) is 11. The number of anilines is 2. The van der Waals surface area contributed by atoms with Gasteiger partial charge in [-0.2, -0.15) is 0 Å². The van der Waals surface area contributed by atoms with E-state index in [9.17, 15) is 29.1 Å². The van der Waals surface area contributed by atoms with Crippen LogP contribution >= 0.6 is 0 Å². The van der Waals surface area contributed by atoms with Crippen LogP contribution in [-0.4, -0.2) is 89.6 Å². The first kappa shape index (κ1) is 37.3. The molecule has 2 N–H and O–H groups in total. The summed E-state index contributed by atoms with van der Waals surface area (Å²) in [5.41, 5.74) is 1.41.